The van der Waals surface area contributed by atoms with Gasteiger partial charge >= 0.3 is 0 Å². The molecule has 0 fully saturated rings. The average molecular weight is 244 g/mol. The predicted molar refractivity (Wildman–Crippen MR) is 73.7 cm³/mol. The lowest BCUT2D eigenvalue weighted by Gasteiger charge is -2.16. The van der Waals surface area contributed by atoms with Gasteiger partial charge in [-0.05, 0) is 61.4 Å². The van der Waals surface area contributed by atoms with Gasteiger partial charge < -0.3 is 15.8 Å². The Kier molecular flexibility index (Phi) is 2.88. The molecule has 0 radical (unpaired) electrons. The van der Waals surface area contributed by atoms with Crippen molar-refractivity contribution in [2.24, 2.45) is 5.73 Å². The lowest BCUT2D eigenvalue weighted by Crippen LogP contribution is -2.15. The number of hydrogen-bond donors (Lipinski definition) is 3. The topological polar surface area (TPSA) is 62.0 Å². The molecule has 0 amide bonds. The predicted octanol–water partition coefficient (Wildman–Crippen LogP) is 2.35. The van der Waals surface area contributed by atoms with Crippen LogP contribution in [-0.4, -0.2) is 16.7 Å². The van der Waals surface area contributed by atoms with Gasteiger partial charge in [0.25, 0.3) is 0 Å². The number of aliphatic hydroxyl groups excluding tert-OH is 1. The molecule has 0 aliphatic heterocycles. The van der Waals surface area contributed by atoms with Gasteiger partial charge in [0.05, 0.1) is 12.6 Å². The molecule has 0 saturated heterocycles. The SMILES string of the molecule is Cc1[nH]c2cc3c(cc2c1C(N)CO)CCCC3. The minimum absolute atomic E-state index is 0.00905. The van der Waals surface area contributed by atoms with Crippen LogP contribution in [0.1, 0.15) is 41.3 Å². The molecule has 2 aromatic rings. The molecular formula is C15H20N2O. The summed E-state index contributed by atoms with van der Waals surface area (Å²) in [6.45, 7) is 2.02. The first-order valence-corrected chi connectivity index (χ1v) is 6.71. The Morgan fingerprint density at radius 1 is 1.28 bits per heavy atom. The normalized spacial score (nSPS) is 16.8. The lowest BCUT2D eigenvalue weighted by molar-refractivity contribution is 0.268. The summed E-state index contributed by atoms with van der Waals surface area (Å²) in [5, 5.41) is 10.5. The Morgan fingerprint density at radius 3 is 2.61 bits per heavy atom. The van der Waals surface area contributed by atoms with Gasteiger partial charge in [0.1, 0.15) is 0 Å². The van der Waals surface area contributed by atoms with Gasteiger partial charge in [0, 0.05) is 16.6 Å². The van der Waals surface area contributed by atoms with E-state index in [0.29, 0.717) is 0 Å². The number of aliphatic hydroxyl groups is 1. The number of nitrogens with one attached hydrogen (secondary N) is 1. The second-order valence-electron chi connectivity index (χ2n) is 5.33. The molecule has 4 N–H and O–H groups in total. The van der Waals surface area contributed by atoms with E-state index in [0.717, 1.165) is 16.8 Å². The number of hydrogen-bond acceptors (Lipinski definition) is 2. The molecular weight excluding hydrogens is 224 g/mol. The highest BCUT2D eigenvalue weighted by molar-refractivity contribution is 5.86. The molecule has 1 aromatic heterocycles. The molecule has 0 saturated carbocycles. The van der Waals surface area contributed by atoms with E-state index in [9.17, 15) is 5.11 Å². The summed E-state index contributed by atoms with van der Waals surface area (Å²) in [7, 11) is 0. The highest BCUT2D eigenvalue weighted by Gasteiger charge is 2.18. The quantitative estimate of drug-likeness (QED) is 0.759. The second-order valence-corrected chi connectivity index (χ2v) is 5.33. The average Bonchev–Trinajstić information content (AvgIpc) is 2.70. The van der Waals surface area contributed by atoms with Gasteiger partial charge in [-0.2, -0.15) is 0 Å². The zero-order valence-electron chi connectivity index (χ0n) is 10.8. The Labute approximate surface area is 107 Å². The van der Waals surface area contributed by atoms with E-state index in [1.54, 1.807) is 0 Å². The molecule has 18 heavy (non-hydrogen) atoms. The van der Waals surface area contributed by atoms with Crippen molar-refractivity contribution >= 4 is 10.9 Å². The monoisotopic (exact) mass is 244 g/mol. The number of nitrogens with two attached hydrogens (primary N) is 1. The number of H-pyrrole nitrogens is 1. The molecule has 1 aromatic carbocycles. The molecule has 1 aliphatic rings. The minimum Gasteiger partial charge on any atom is -0.394 e. The van der Waals surface area contributed by atoms with Crippen molar-refractivity contribution in [3.05, 3.63) is 34.5 Å². The summed E-state index contributed by atoms with van der Waals surface area (Å²) >= 11 is 0. The zero-order valence-corrected chi connectivity index (χ0v) is 10.8. The highest BCUT2D eigenvalue weighted by Crippen LogP contribution is 2.32. The van der Waals surface area contributed by atoms with Gasteiger partial charge in [-0.15, -0.1) is 0 Å². The minimum atomic E-state index is -0.291. The second kappa shape index (κ2) is 4.41. The standard InChI is InChI=1S/C15H20N2O/c1-9-15(13(16)8-18)12-6-10-4-2-3-5-11(10)7-14(12)17-9/h6-7,13,17-18H,2-5,8,16H2,1H3. The van der Waals surface area contributed by atoms with Crippen LogP contribution >= 0.6 is 0 Å². The smallest absolute Gasteiger partial charge is 0.0625 e. The van der Waals surface area contributed by atoms with Crippen molar-refractivity contribution in [1.82, 2.24) is 4.98 Å². The molecule has 0 spiro atoms. The Bertz CT molecular complexity index is 586. The van der Waals surface area contributed by atoms with E-state index in [-0.39, 0.29) is 12.6 Å². The summed E-state index contributed by atoms with van der Waals surface area (Å²) in [5.74, 6) is 0. The largest absolute Gasteiger partial charge is 0.394 e. The molecule has 1 heterocycles. The van der Waals surface area contributed by atoms with Crippen LogP contribution in [0.5, 0.6) is 0 Å². The van der Waals surface area contributed by atoms with E-state index in [4.69, 9.17) is 5.73 Å². The first-order valence-electron chi connectivity index (χ1n) is 6.71. The summed E-state index contributed by atoms with van der Waals surface area (Å²) < 4.78 is 0. The van der Waals surface area contributed by atoms with E-state index in [1.165, 1.54) is 42.2 Å². The maximum absolute atomic E-state index is 9.29. The van der Waals surface area contributed by atoms with Crippen LogP contribution in [0.25, 0.3) is 10.9 Å². The molecule has 3 nitrogen and oxygen atoms in total. The molecule has 1 atom stereocenters. The summed E-state index contributed by atoms with van der Waals surface area (Å²) in [5.41, 5.74) is 12.2. The first-order chi connectivity index (χ1) is 8.70. The fourth-order valence-electron chi connectivity index (χ4n) is 3.15. The highest BCUT2D eigenvalue weighted by atomic mass is 16.3. The van der Waals surface area contributed by atoms with Gasteiger partial charge in [0.2, 0.25) is 0 Å². The number of benzene rings is 1. The Morgan fingerprint density at radius 2 is 1.94 bits per heavy atom. The van der Waals surface area contributed by atoms with Crippen LogP contribution in [0.3, 0.4) is 0 Å². The maximum atomic E-state index is 9.29. The van der Waals surface area contributed by atoms with Gasteiger partial charge in [-0.1, -0.05) is 0 Å². The van der Waals surface area contributed by atoms with Crippen molar-refractivity contribution in [2.75, 3.05) is 6.61 Å². The molecule has 3 rings (SSSR count). The van der Waals surface area contributed by atoms with E-state index >= 15 is 0 Å². The van der Waals surface area contributed by atoms with Crippen LogP contribution in [0.2, 0.25) is 0 Å². The summed E-state index contributed by atoms with van der Waals surface area (Å²) in [6, 6.07) is 4.25. The fourth-order valence-corrected chi connectivity index (χ4v) is 3.15. The third-order valence-electron chi connectivity index (χ3n) is 4.07. The van der Waals surface area contributed by atoms with Crippen LogP contribution in [0.4, 0.5) is 0 Å². The van der Waals surface area contributed by atoms with Crippen LogP contribution in [-0.2, 0) is 12.8 Å². The molecule has 3 heteroatoms. The van der Waals surface area contributed by atoms with Crippen molar-refractivity contribution < 1.29 is 5.11 Å². The third kappa shape index (κ3) is 1.74. The van der Waals surface area contributed by atoms with Crippen LogP contribution in [0.15, 0.2) is 12.1 Å². The van der Waals surface area contributed by atoms with Crippen LogP contribution < -0.4 is 5.73 Å². The molecule has 0 bridgehead atoms. The van der Waals surface area contributed by atoms with E-state index < -0.39 is 0 Å². The van der Waals surface area contributed by atoms with Crippen molar-refractivity contribution in [3.8, 4) is 0 Å². The van der Waals surface area contributed by atoms with E-state index in [1.807, 2.05) is 6.92 Å². The van der Waals surface area contributed by atoms with Crippen molar-refractivity contribution in [2.45, 2.75) is 38.6 Å². The summed E-state index contributed by atoms with van der Waals surface area (Å²) in [4.78, 5) is 3.40. The van der Waals surface area contributed by atoms with E-state index in [2.05, 4.69) is 17.1 Å². The maximum Gasteiger partial charge on any atom is 0.0625 e. The van der Waals surface area contributed by atoms with Gasteiger partial charge in [0.15, 0.2) is 0 Å². The summed E-state index contributed by atoms with van der Waals surface area (Å²) in [6.07, 6.45) is 4.93. The number of rotatable bonds is 2. The molecule has 96 valence electrons. The zero-order chi connectivity index (χ0) is 12.7. The molecule has 1 aliphatic carbocycles. The lowest BCUT2D eigenvalue weighted by atomic mass is 9.89. The number of aromatic nitrogens is 1. The van der Waals surface area contributed by atoms with Crippen molar-refractivity contribution in [3.63, 3.8) is 0 Å². The van der Waals surface area contributed by atoms with Gasteiger partial charge in [-0.25, -0.2) is 0 Å². The Hall–Kier alpha value is -1.32. The number of aromatic amines is 1. The molecule has 1 unspecified atom stereocenters. The first kappa shape index (κ1) is 11.8. The number of aryl methyl sites for hydroxylation is 3. The number of fused-ring (bicyclic) bond motifs is 2. The Balaban J connectivity index is 2.22. The van der Waals surface area contributed by atoms with Crippen LogP contribution in [0, 0.1) is 6.92 Å². The van der Waals surface area contributed by atoms with Gasteiger partial charge in [-0.3, -0.25) is 0 Å². The third-order valence-corrected chi connectivity index (χ3v) is 4.07. The van der Waals surface area contributed by atoms with Crippen molar-refractivity contribution in [1.29, 1.82) is 0 Å². The fraction of sp³-hybridized carbons (Fsp3) is 0.467.